The average molecular weight is 849 g/mol. The minimum absolute atomic E-state index is 0.165. The number of nitrogens with zero attached hydrogens (tertiary/aromatic N) is 2. The van der Waals surface area contributed by atoms with Gasteiger partial charge in [0.05, 0.1) is 23.9 Å². The molecule has 0 unspecified atom stereocenters. The fraction of sp³-hybridized carbons (Fsp3) is 0.471. The van der Waals surface area contributed by atoms with E-state index in [1.165, 1.54) is 51.4 Å². The first-order chi connectivity index (χ1) is 29.1. The molecular formula is C51H65N2O7P. The Bertz CT molecular complexity index is 2370. The molecule has 0 bridgehead atoms. The first-order valence-corrected chi connectivity index (χ1v) is 24.0. The van der Waals surface area contributed by atoms with Gasteiger partial charge in [-0.2, -0.15) is 4.58 Å². The lowest BCUT2D eigenvalue weighted by molar-refractivity contribution is -0.438. The van der Waals surface area contributed by atoms with Crippen LogP contribution in [0.25, 0.3) is 16.8 Å². The number of anilines is 1. The number of carboxylic acids is 1. The third-order valence-electron chi connectivity index (χ3n) is 12.7. The Kier molecular flexibility index (Phi) is 14.5. The van der Waals surface area contributed by atoms with Crippen molar-refractivity contribution in [3.63, 3.8) is 0 Å². The molecule has 61 heavy (non-hydrogen) atoms. The summed E-state index contributed by atoms with van der Waals surface area (Å²) < 4.78 is 27.4. The van der Waals surface area contributed by atoms with Crippen molar-refractivity contribution in [2.45, 2.75) is 130 Å². The predicted molar refractivity (Wildman–Crippen MR) is 246 cm³/mol. The molecule has 3 aliphatic rings. The fourth-order valence-corrected chi connectivity index (χ4v) is 11.1. The molecule has 0 aromatic heterocycles. The zero-order valence-electron chi connectivity index (χ0n) is 37.6. The number of fused-ring (bicyclic) bond motifs is 4. The highest BCUT2D eigenvalue weighted by Crippen LogP contribution is 2.53. The van der Waals surface area contributed by atoms with Crippen molar-refractivity contribution in [2.24, 2.45) is 0 Å². The first kappa shape index (κ1) is 46.0. The third-order valence-corrected chi connectivity index (χ3v) is 14.8. The van der Waals surface area contributed by atoms with Gasteiger partial charge in [0.25, 0.3) is 0 Å². The topological polar surface area (TPSA) is 119 Å². The number of benzene rings is 3. The van der Waals surface area contributed by atoms with Gasteiger partial charge < -0.3 is 24.2 Å². The van der Waals surface area contributed by atoms with E-state index in [4.69, 9.17) is 9.05 Å². The third kappa shape index (κ3) is 9.16. The van der Waals surface area contributed by atoms with E-state index < -0.39 is 24.4 Å². The normalized spacial score (nSPS) is 18.3. The van der Waals surface area contributed by atoms with Crippen LogP contribution in [0.3, 0.4) is 0 Å². The minimum atomic E-state index is -3.54. The second-order valence-corrected chi connectivity index (χ2v) is 19.5. The van der Waals surface area contributed by atoms with Gasteiger partial charge in [-0.05, 0) is 105 Å². The van der Waals surface area contributed by atoms with Gasteiger partial charge in [-0.1, -0.05) is 90.0 Å². The number of aliphatic carboxylic acids is 1. The number of carbonyl (C=O) groups is 2. The van der Waals surface area contributed by atoms with Crippen LogP contribution >= 0.6 is 7.60 Å². The molecular weight excluding hydrogens is 784 g/mol. The second-order valence-electron chi connectivity index (χ2n) is 17.5. The standard InChI is InChI=1S/C51H65N2O7P/c1-9-13-14-15-16-17-18-19-20-21-30-53-43-27-24-36-31-35(23-29-46(54)55)22-26-38(36)47(43)51(7,8)45(53)34-40-48(56)39(49(40)57)33-44-50(5,6)41-32-37(25-28-42(41)52(44)10-2)61(58,59-11-3)60-12-4/h22-29,31-34H,9-21,30H2,1-8H3,(H-,54,55,56,57)/b29-23+. The Balaban J connectivity index is 1.34. The van der Waals surface area contributed by atoms with E-state index in [2.05, 4.69) is 62.3 Å². The van der Waals surface area contributed by atoms with Crippen LogP contribution < -0.4 is 15.3 Å². The largest absolute Gasteiger partial charge is 0.871 e. The quantitative estimate of drug-likeness (QED) is 0.0487. The van der Waals surface area contributed by atoms with Crippen LogP contribution in [0, 0.1) is 0 Å². The van der Waals surface area contributed by atoms with Crippen LogP contribution in [0.15, 0.2) is 89.4 Å². The number of Topliss-reactive ketones (excluding diaryl/α,β-unsaturated/α-hetero) is 1. The Hall–Kier alpha value is -4.56. The van der Waals surface area contributed by atoms with Crippen LogP contribution in [0.4, 0.5) is 11.4 Å². The molecule has 0 atom stereocenters. The van der Waals surface area contributed by atoms with Gasteiger partial charge in [-0.15, -0.1) is 0 Å². The van der Waals surface area contributed by atoms with Crippen molar-refractivity contribution in [3.8, 4) is 0 Å². The van der Waals surface area contributed by atoms with E-state index in [1.807, 2.05) is 37.3 Å². The monoisotopic (exact) mass is 848 g/mol. The summed E-state index contributed by atoms with van der Waals surface area (Å²) in [5.74, 6) is -1.53. The summed E-state index contributed by atoms with van der Waals surface area (Å²) in [4.78, 5) is 27.6. The Morgan fingerprint density at radius 2 is 1.49 bits per heavy atom. The first-order valence-electron chi connectivity index (χ1n) is 22.5. The maximum atomic E-state index is 14.2. The number of carbonyl (C=O) groups excluding carboxylic acids is 1. The molecule has 1 N–H and O–H groups in total. The van der Waals surface area contributed by atoms with E-state index in [9.17, 15) is 24.4 Å². The van der Waals surface area contributed by atoms with Gasteiger partial charge in [0.15, 0.2) is 11.5 Å². The Labute approximate surface area is 363 Å². The highest BCUT2D eigenvalue weighted by atomic mass is 31.2. The number of allylic oxidation sites excluding steroid dienone is 5. The summed E-state index contributed by atoms with van der Waals surface area (Å²) >= 11 is 0. The lowest BCUT2D eigenvalue weighted by Gasteiger charge is -2.32. The van der Waals surface area contributed by atoms with Crippen molar-refractivity contribution in [1.29, 1.82) is 0 Å². The Morgan fingerprint density at radius 1 is 0.836 bits per heavy atom. The molecule has 2 heterocycles. The molecule has 0 radical (unpaired) electrons. The van der Waals surface area contributed by atoms with Gasteiger partial charge in [-0.3, -0.25) is 9.36 Å². The maximum Gasteiger partial charge on any atom is 0.361 e. The number of hydrogen-bond acceptors (Lipinski definition) is 7. The van der Waals surface area contributed by atoms with Crippen LogP contribution in [0.1, 0.15) is 136 Å². The molecule has 3 aromatic carbocycles. The van der Waals surface area contributed by atoms with E-state index in [0.717, 1.165) is 75.7 Å². The van der Waals surface area contributed by atoms with E-state index >= 15 is 0 Å². The molecule has 3 aromatic rings. The summed E-state index contributed by atoms with van der Waals surface area (Å²) in [6, 6.07) is 15.8. The molecule has 10 heteroatoms. The predicted octanol–water partition coefficient (Wildman–Crippen LogP) is 11.0. The number of unbranched alkanes of at least 4 members (excludes halogenated alkanes) is 9. The zero-order valence-corrected chi connectivity index (χ0v) is 38.5. The summed E-state index contributed by atoms with van der Waals surface area (Å²) in [5.41, 5.74) is 5.81. The summed E-state index contributed by atoms with van der Waals surface area (Å²) in [7, 11) is -3.54. The Morgan fingerprint density at radius 3 is 2.10 bits per heavy atom. The molecule has 9 nitrogen and oxygen atoms in total. The van der Waals surface area contributed by atoms with Crippen molar-refractivity contribution in [1.82, 2.24) is 0 Å². The van der Waals surface area contributed by atoms with Crippen molar-refractivity contribution in [2.75, 3.05) is 31.2 Å². The van der Waals surface area contributed by atoms with Gasteiger partial charge in [0.1, 0.15) is 6.54 Å². The highest BCUT2D eigenvalue weighted by Gasteiger charge is 2.47. The number of rotatable bonds is 21. The SMILES string of the molecule is CCCCCCCCCCCC[N+]1=C(/C=C2\C(=O)C(/C=C3\N(CC)c4ccc(P(=O)(OCC)OCC)cc4C3(C)C)=C2[O-])C(C)(C)c2c1ccc1cc(/C=C/C(=O)O)ccc21. The fourth-order valence-electron chi connectivity index (χ4n) is 9.47. The molecule has 1 aliphatic carbocycles. The van der Waals surface area contributed by atoms with Gasteiger partial charge in [-0.25, -0.2) is 4.79 Å². The summed E-state index contributed by atoms with van der Waals surface area (Å²) in [6.07, 6.45) is 18.6. The molecule has 0 fully saturated rings. The van der Waals surface area contributed by atoms with Gasteiger partial charge >= 0.3 is 13.6 Å². The van der Waals surface area contributed by atoms with E-state index in [1.54, 1.807) is 32.1 Å². The molecule has 0 amide bonds. The zero-order chi connectivity index (χ0) is 44.1. The molecule has 326 valence electrons. The number of carboxylic acid groups (broad SMARTS) is 1. The van der Waals surface area contributed by atoms with Crippen molar-refractivity contribution < 1.29 is 38.0 Å². The van der Waals surface area contributed by atoms with Crippen LogP contribution in [-0.4, -0.2) is 53.4 Å². The van der Waals surface area contributed by atoms with Gasteiger partial charge in [0.2, 0.25) is 5.69 Å². The summed E-state index contributed by atoms with van der Waals surface area (Å²) in [6.45, 7) is 18.2. The van der Waals surface area contributed by atoms with Crippen LogP contribution in [-0.2, 0) is 34.0 Å². The lowest BCUT2D eigenvalue weighted by atomic mass is 9.76. The average Bonchev–Trinajstić information content (AvgIpc) is 3.58. The number of ketones is 1. The molecule has 0 spiro atoms. The number of hydrogen-bond donors (Lipinski definition) is 1. The summed E-state index contributed by atoms with van der Waals surface area (Å²) in [5, 5.41) is 26.0. The maximum absolute atomic E-state index is 14.2. The molecule has 2 aliphatic heterocycles. The lowest BCUT2D eigenvalue weighted by Crippen LogP contribution is -2.35. The smallest absolute Gasteiger partial charge is 0.361 e. The van der Waals surface area contributed by atoms with E-state index in [-0.39, 0.29) is 35.9 Å². The molecule has 0 saturated carbocycles. The van der Waals surface area contributed by atoms with Crippen LogP contribution in [0.2, 0.25) is 0 Å². The minimum Gasteiger partial charge on any atom is -0.871 e. The van der Waals surface area contributed by atoms with E-state index in [0.29, 0.717) is 11.8 Å². The highest BCUT2D eigenvalue weighted by molar-refractivity contribution is 7.62. The van der Waals surface area contributed by atoms with Gasteiger partial charge in [0, 0.05) is 64.7 Å². The van der Waals surface area contributed by atoms with Crippen molar-refractivity contribution >= 4 is 58.6 Å². The van der Waals surface area contributed by atoms with Crippen LogP contribution in [0.5, 0.6) is 0 Å². The number of likely N-dealkylation sites (N-methyl/N-ethyl adjacent to an activating group) is 1. The van der Waals surface area contributed by atoms with Crippen molar-refractivity contribution in [3.05, 3.63) is 106 Å². The second kappa shape index (κ2) is 19.2. The molecule has 6 rings (SSSR count). The molecule has 0 saturated heterocycles.